The zero-order valence-corrected chi connectivity index (χ0v) is 21.9. The number of aromatic amines is 1. The number of nitrogens with one attached hydrogen (secondary N) is 2. The van der Waals surface area contributed by atoms with E-state index in [1.807, 2.05) is 18.2 Å². The van der Waals surface area contributed by atoms with Crippen LogP contribution in [-0.4, -0.2) is 66.2 Å². The number of hydrogen-bond donors (Lipinski definition) is 2. The zero-order chi connectivity index (χ0) is 26.1. The van der Waals surface area contributed by atoms with E-state index in [4.69, 9.17) is 0 Å². The fraction of sp³-hybridized carbons (Fsp3) is 0.433. The van der Waals surface area contributed by atoms with Crippen LogP contribution in [0.4, 0.5) is 5.69 Å². The second-order valence-corrected chi connectivity index (χ2v) is 11.6. The minimum Gasteiger partial charge on any atom is -0.357 e. The van der Waals surface area contributed by atoms with E-state index in [9.17, 15) is 14.9 Å². The molecule has 7 nitrogen and oxygen atoms in total. The van der Waals surface area contributed by atoms with Crippen LogP contribution in [0.3, 0.4) is 0 Å². The van der Waals surface area contributed by atoms with Gasteiger partial charge in [0.1, 0.15) is 0 Å². The summed E-state index contributed by atoms with van der Waals surface area (Å²) in [7, 11) is 2.17. The second kappa shape index (κ2) is 8.54. The fourth-order valence-electron chi connectivity index (χ4n) is 6.85. The van der Waals surface area contributed by atoms with Gasteiger partial charge in [0.05, 0.1) is 23.7 Å². The average molecular weight is 496 g/mol. The number of H-pyrrole nitrogens is 1. The lowest BCUT2D eigenvalue weighted by atomic mass is 9.70. The quantitative estimate of drug-likeness (QED) is 0.573. The predicted octanol–water partition coefficient (Wildman–Crippen LogP) is 3.90. The van der Waals surface area contributed by atoms with Crippen molar-refractivity contribution in [2.75, 3.05) is 45.1 Å². The lowest BCUT2D eigenvalue weighted by Gasteiger charge is -2.33. The fourth-order valence-corrected chi connectivity index (χ4v) is 6.85. The summed E-state index contributed by atoms with van der Waals surface area (Å²) in [5.74, 6) is 1.31. The van der Waals surface area contributed by atoms with E-state index in [-0.39, 0.29) is 11.7 Å². The molecule has 3 aliphatic rings. The van der Waals surface area contributed by atoms with Gasteiger partial charge < -0.3 is 15.2 Å². The van der Waals surface area contributed by atoms with Crippen molar-refractivity contribution in [2.24, 2.45) is 11.8 Å². The Morgan fingerprint density at radius 3 is 2.57 bits per heavy atom. The summed E-state index contributed by atoms with van der Waals surface area (Å²) in [4.78, 5) is 35.0. The maximum Gasteiger partial charge on any atom is 0.238 e. The molecule has 6 rings (SSSR count). The number of anilines is 1. The van der Waals surface area contributed by atoms with Crippen LogP contribution >= 0.6 is 0 Å². The number of nitriles is 1. The Kier molecular flexibility index (Phi) is 5.52. The van der Waals surface area contributed by atoms with Crippen molar-refractivity contribution in [3.8, 4) is 6.07 Å². The molecule has 1 amide bonds. The minimum atomic E-state index is -0.478. The summed E-state index contributed by atoms with van der Waals surface area (Å²) in [5.41, 5.74) is 5.76. The van der Waals surface area contributed by atoms with Crippen LogP contribution < -0.4 is 5.32 Å². The number of likely N-dealkylation sites (tertiary alicyclic amines) is 2. The molecule has 2 atom stereocenters. The number of carbonyl (C=O) groups is 2. The molecule has 3 aromatic rings. The normalized spacial score (nSPS) is 22.5. The second-order valence-electron chi connectivity index (χ2n) is 11.6. The van der Waals surface area contributed by atoms with Gasteiger partial charge in [0.2, 0.25) is 5.91 Å². The van der Waals surface area contributed by atoms with Gasteiger partial charge in [0.25, 0.3) is 0 Å². The van der Waals surface area contributed by atoms with Gasteiger partial charge in [-0.2, -0.15) is 5.26 Å². The molecule has 37 heavy (non-hydrogen) atoms. The van der Waals surface area contributed by atoms with Crippen LogP contribution in [0.5, 0.6) is 0 Å². The van der Waals surface area contributed by atoms with Gasteiger partial charge in [0, 0.05) is 59.4 Å². The largest absolute Gasteiger partial charge is 0.357 e. The molecule has 2 saturated heterocycles. The SMILES string of the molecule is CCc1cc2c(cc1NC(=O)CN1CC3CN(C)CC3C1)C(C)(C)c1[nH]c3cc(C#N)ccc3c1C2=O. The molecule has 0 bridgehead atoms. The zero-order valence-electron chi connectivity index (χ0n) is 21.9. The molecule has 1 aliphatic carbocycles. The van der Waals surface area contributed by atoms with Gasteiger partial charge in [-0.1, -0.05) is 26.8 Å². The lowest BCUT2D eigenvalue weighted by molar-refractivity contribution is -0.117. The number of amides is 1. The third kappa shape index (κ3) is 3.78. The molecule has 1 aromatic heterocycles. The van der Waals surface area contributed by atoms with Crippen LogP contribution in [-0.2, 0) is 16.6 Å². The van der Waals surface area contributed by atoms with Crippen LogP contribution in [0.15, 0.2) is 30.3 Å². The first kappa shape index (κ1) is 23.9. The van der Waals surface area contributed by atoms with Gasteiger partial charge >= 0.3 is 0 Å². The summed E-state index contributed by atoms with van der Waals surface area (Å²) in [6.45, 7) is 10.8. The number of fused-ring (bicyclic) bond motifs is 5. The van der Waals surface area contributed by atoms with E-state index >= 15 is 0 Å². The number of aromatic nitrogens is 1. The van der Waals surface area contributed by atoms with Crippen molar-refractivity contribution in [1.82, 2.24) is 14.8 Å². The number of benzene rings is 2. The van der Waals surface area contributed by atoms with E-state index in [1.54, 1.807) is 12.1 Å². The number of rotatable bonds is 4. The molecule has 0 saturated carbocycles. The number of ketones is 1. The van der Waals surface area contributed by atoms with E-state index < -0.39 is 5.41 Å². The van der Waals surface area contributed by atoms with Gasteiger partial charge in [0.15, 0.2) is 5.78 Å². The minimum absolute atomic E-state index is 0.00162. The lowest BCUT2D eigenvalue weighted by Crippen LogP contribution is -2.34. The summed E-state index contributed by atoms with van der Waals surface area (Å²) in [5, 5.41) is 13.4. The molecule has 3 heterocycles. The summed E-state index contributed by atoms with van der Waals surface area (Å²) in [6, 6.07) is 11.6. The Hall–Kier alpha value is -3.47. The van der Waals surface area contributed by atoms with E-state index in [0.717, 1.165) is 59.6 Å². The summed E-state index contributed by atoms with van der Waals surface area (Å²) in [6.07, 6.45) is 0.711. The highest BCUT2D eigenvalue weighted by Gasteiger charge is 2.41. The van der Waals surface area contributed by atoms with Crippen molar-refractivity contribution in [3.63, 3.8) is 0 Å². The summed E-state index contributed by atoms with van der Waals surface area (Å²) >= 11 is 0. The van der Waals surface area contributed by atoms with Gasteiger partial charge in [-0.05, 0) is 60.7 Å². The number of aryl methyl sites for hydroxylation is 1. The highest BCUT2D eigenvalue weighted by Crippen LogP contribution is 2.45. The van der Waals surface area contributed by atoms with Crippen molar-refractivity contribution in [2.45, 2.75) is 32.6 Å². The van der Waals surface area contributed by atoms with Crippen LogP contribution in [0.1, 0.15) is 59.1 Å². The summed E-state index contributed by atoms with van der Waals surface area (Å²) < 4.78 is 0. The van der Waals surface area contributed by atoms with Crippen molar-refractivity contribution >= 4 is 28.3 Å². The van der Waals surface area contributed by atoms with Crippen LogP contribution in [0.2, 0.25) is 0 Å². The first-order valence-corrected chi connectivity index (χ1v) is 13.2. The number of nitrogens with zero attached hydrogens (tertiary/aromatic N) is 3. The maximum absolute atomic E-state index is 13.8. The standard InChI is InChI=1S/C30H33N5O2/c1-5-18-9-22-23(10-24(18)32-26(36)16-35-14-19-12-34(4)13-20(19)15-35)30(2,3)29-27(28(22)37)21-7-6-17(11-31)8-25(21)33-29/h6-10,19-20,33H,5,12-16H2,1-4H3,(H,32,36). The Morgan fingerprint density at radius 1 is 1.16 bits per heavy atom. The molecule has 2 aromatic carbocycles. The van der Waals surface area contributed by atoms with Crippen molar-refractivity contribution < 1.29 is 9.59 Å². The van der Waals surface area contributed by atoms with Crippen molar-refractivity contribution in [1.29, 1.82) is 5.26 Å². The average Bonchev–Trinajstić information content (AvgIpc) is 3.52. The predicted molar refractivity (Wildman–Crippen MR) is 144 cm³/mol. The molecule has 0 radical (unpaired) electrons. The van der Waals surface area contributed by atoms with Crippen molar-refractivity contribution in [3.05, 3.63) is 63.8 Å². The molecular weight excluding hydrogens is 462 g/mol. The Bertz CT molecular complexity index is 1480. The Balaban J connectivity index is 1.31. The Morgan fingerprint density at radius 2 is 1.89 bits per heavy atom. The third-order valence-corrected chi connectivity index (χ3v) is 8.71. The van der Waals surface area contributed by atoms with Crippen LogP contribution in [0, 0.1) is 23.2 Å². The molecular formula is C30H33N5O2. The van der Waals surface area contributed by atoms with Gasteiger partial charge in [-0.15, -0.1) is 0 Å². The molecule has 190 valence electrons. The first-order valence-electron chi connectivity index (χ1n) is 13.2. The molecule has 7 heteroatoms. The highest BCUT2D eigenvalue weighted by atomic mass is 16.2. The molecule has 2 aliphatic heterocycles. The molecule has 0 spiro atoms. The third-order valence-electron chi connectivity index (χ3n) is 8.71. The number of carbonyl (C=O) groups excluding carboxylic acids is 2. The van der Waals surface area contributed by atoms with Gasteiger partial charge in [-0.3, -0.25) is 14.5 Å². The van der Waals surface area contributed by atoms with E-state index in [1.165, 1.54) is 0 Å². The highest BCUT2D eigenvalue weighted by molar-refractivity contribution is 6.20. The van der Waals surface area contributed by atoms with Crippen LogP contribution in [0.25, 0.3) is 10.9 Å². The molecule has 2 unspecified atom stereocenters. The molecule has 2 fully saturated rings. The monoisotopic (exact) mass is 495 g/mol. The smallest absolute Gasteiger partial charge is 0.238 e. The van der Waals surface area contributed by atoms with E-state index in [2.05, 4.69) is 54.0 Å². The van der Waals surface area contributed by atoms with Gasteiger partial charge in [-0.25, -0.2) is 0 Å². The first-order chi connectivity index (χ1) is 17.7. The molecule has 2 N–H and O–H groups in total. The Labute approximate surface area is 217 Å². The number of hydrogen-bond acceptors (Lipinski definition) is 5. The van der Waals surface area contributed by atoms with E-state index in [0.29, 0.717) is 41.5 Å². The maximum atomic E-state index is 13.8. The topological polar surface area (TPSA) is 92.2 Å².